The van der Waals surface area contributed by atoms with E-state index in [4.69, 9.17) is 11.6 Å². The second kappa shape index (κ2) is 6.17. The summed E-state index contributed by atoms with van der Waals surface area (Å²) in [6, 6.07) is 1.90. The van der Waals surface area contributed by atoms with Crippen LogP contribution in [-0.4, -0.2) is 20.1 Å². The molecule has 1 N–H and O–H groups in total. The first-order valence-electron chi connectivity index (χ1n) is 5.48. The molecule has 0 saturated heterocycles. The fourth-order valence-electron chi connectivity index (χ4n) is 1.45. The monoisotopic (exact) mass is 333 g/mol. The van der Waals surface area contributed by atoms with Gasteiger partial charge in [0.05, 0.1) is 11.3 Å². The van der Waals surface area contributed by atoms with Crippen molar-refractivity contribution in [2.45, 2.75) is 13.1 Å². The van der Waals surface area contributed by atoms with Gasteiger partial charge in [-0.25, -0.2) is 12.8 Å². The van der Waals surface area contributed by atoms with Crippen LogP contribution in [0.4, 0.5) is 23.2 Å². The molecule has 0 radical (unpaired) electrons. The largest absolute Gasteiger partial charge is 0.419 e. The third-order valence-corrected chi connectivity index (χ3v) is 4.39. The molecule has 3 nitrogen and oxygen atoms in total. The minimum atomic E-state index is -4.89. The summed E-state index contributed by atoms with van der Waals surface area (Å²) >= 11 is 5.48. The van der Waals surface area contributed by atoms with Crippen LogP contribution in [-0.2, 0) is 16.2 Å². The zero-order chi connectivity index (χ0) is 15.6. The van der Waals surface area contributed by atoms with Gasteiger partial charge in [-0.2, -0.15) is 13.2 Å². The van der Waals surface area contributed by atoms with Crippen molar-refractivity contribution in [3.8, 4) is 0 Å². The van der Waals surface area contributed by atoms with E-state index in [1.807, 2.05) is 4.72 Å². The number of hydrogen-bond donors (Lipinski definition) is 1. The van der Waals surface area contributed by atoms with Gasteiger partial charge in [-0.15, -0.1) is 11.6 Å². The first-order chi connectivity index (χ1) is 9.05. The van der Waals surface area contributed by atoms with Crippen LogP contribution in [0.1, 0.15) is 12.5 Å². The lowest BCUT2D eigenvalue weighted by Crippen LogP contribution is -2.22. The van der Waals surface area contributed by atoms with E-state index in [1.54, 1.807) is 6.92 Å². The molecule has 0 saturated carbocycles. The van der Waals surface area contributed by atoms with Crippen LogP contribution in [0, 0.1) is 11.7 Å². The third-order valence-electron chi connectivity index (χ3n) is 2.31. The molecule has 9 heteroatoms. The van der Waals surface area contributed by atoms with E-state index >= 15 is 0 Å². The summed E-state index contributed by atoms with van der Waals surface area (Å²) in [6.07, 6.45) is -4.89. The SMILES string of the molecule is CC(CCl)CS(=O)(=O)Nc1ccc(F)c(C(F)(F)F)c1. The van der Waals surface area contributed by atoms with Gasteiger partial charge < -0.3 is 0 Å². The molecule has 1 rings (SSSR count). The summed E-state index contributed by atoms with van der Waals surface area (Å²) in [6.45, 7) is 1.58. The van der Waals surface area contributed by atoms with Crippen molar-refractivity contribution in [2.75, 3.05) is 16.4 Å². The fraction of sp³-hybridized carbons (Fsp3) is 0.455. The van der Waals surface area contributed by atoms with Crippen LogP contribution in [0.5, 0.6) is 0 Å². The van der Waals surface area contributed by atoms with Crippen molar-refractivity contribution in [3.63, 3.8) is 0 Å². The van der Waals surface area contributed by atoms with Crippen molar-refractivity contribution in [1.29, 1.82) is 0 Å². The standard InChI is InChI=1S/C11H12ClF4NO2S/c1-7(5-12)6-20(18,19)17-8-2-3-10(13)9(4-8)11(14,15)16/h2-4,7,17H,5-6H2,1H3. The van der Waals surface area contributed by atoms with E-state index in [0.29, 0.717) is 12.1 Å². The van der Waals surface area contributed by atoms with E-state index in [0.717, 1.165) is 6.07 Å². The minimum Gasteiger partial charge on any atom is -0.284 e. The van der Waals surface area contributed by atoms with Crippen molar-refractivity contribution < 1.29 is 26.0 Å². The number of benzene rings is 1. The number of sulfonamides is 1. The molecule has 1 unspecified atom stereocenters. The van der Waals surface area contributed by atoms with E-state index in [9.17, 15) is 26.0 Å². The molecule has 0 bridgehead atoms. The number of nitrogens with one attached hydrogen (secondary N) is 1. The van der Waals surface area contributed by atoms with Crippen LogP contribution in [0.2, 0.25) is 0 Å². The van der Waals surface area contributed by atoms with E-state index < -0.39 is 27.6 Å². The van der Waals surface area contributed by atoms with Crippen molar-refractivity contribution in [2.24, 2.45) is 5.92 Å². The molecule has 0 aliphatic rings. The molecule has 114 valence electrons. The van der Waals surface area contributed by atoms with Gasteiger partial charge in [0.1, 0.15) is 5.82 Å². The van der Waals surface area contributed by atoms with Gasteiger partial charge >= 0.3 is 6.18 Å². The predicted molar refractivity (Wildman–Crippen MR) is 68.7 cm³/mol. The molecule has 20 heavy (non-hydrogen) atoms. The first-order valence-corrected chi connectivity index (χ1v) is 7.67. The van der Waals surface area contributed by atoms with Gasteiger partial charge in [-0.05, 0) is 24.1 Å². The smallest absolute Gasteiger partial charge is 0.284 e. The molecular formula is C11H12ClF4NO2S. The molecule has 1 aromatic carbocycles. The lowest BCUT2D eigenvalue weighted by Gasteiger charge is -2.13. The minimum absolute atomic E-state index is 0.0954. The molecule has 1 aromatic rings. The molecule has 0 spiro atoms. The molecule has 0 amide bonds. The molecule has 0 fully saturated rings. The topological polar surface area (TPSA) is 46.2 Å². The first kappa shape index (κ1) is 17.0. The Kier molecular flexibility index (Phi) is 5.26. The summed E-state index contributed by atoms with van der Waals surface area (Å²) in [7, 11) is -3.85. The Labute approximate surface area is 119 Å². The van der Waals surface area contributed by atoms with Crippen LogP contribution in [0.15, 0.2) is 18.2 Å². The van der Waals surface area contributed by atoms with Crippen LogP contribution in [0.25, 0.3) is 0 Å². The Morgan fingerprint density at radius 2 is 1.95 bits per heavy atom. The molecule has 0 heterocycles. The van der Waals surface area contributed by atoms with Crippen LogP contribution < -0.4 is 4.72 Å². The Balaban J connectivity index is 3.00. The van der Waals surface area contributed by atoms with Crippen molar-refractivity contribution in [1.82, 2.24) is 0 Å². The highest BCUT2D eigenvalue weighted by Gasteiger charge is 2.34. The second-order valence-corrected chi connectivity index (χ2v) is 6.41. The quantitative estimate of drug-likeness (QED) is 0.662. The summed E-state index contributed by atoms with van der Waals surface area (Å²) < 4.78 is 75.8. The lowest BCUT2D eigenvalue weighted by molar-refractivity contribution is -0.139. The fourth-order valence-corrected chi connectivity index (χ4v) is 3.12. The average molecular weight is 334 g/mol. The number of rotatable bonds is 5. The number of anilines is 1. The summed E-state index contributed by atoms with van der Waals surface area (Å²) in [5, 5.41) is 0. The number of hydrogen-bond acceptors (Lipinski definition) is 2. The summed E-state index contributed by atoms with van der Waals surface area (Å²) in [4.78, 5) is 0. The maximum absolute atomic E-state index is 13.0. The van der Waals surface area contributed by atoms with Gasteiger partial charge in [0, 0.05) is 11.6 Å². The van der Waals surface area contributed by atoms with Gasteiger partial charge in [-0.1, -0.05) is 6.92 Å². The Morgan fingerprint density at radius 3 is 2.45 bits per heavy atom. The van der Waals surface area contributed by atoms with Crippen LogP contribution in [0.3, 0.4) is 0 Å². The molecule has 1 atom stereocenters. The molecule has 0 aliphatic heterocycles. The Hall–Kier alpha value is -1.02. The average Bonchev–Trinajstić information content (AvgIpc) is 2.29. The van der Waals surface area contributed by atoms with E-state index in [2.05, 4.69) is 0 Å². The van der Waals surface area contributed by atoms with Gasteiger partial charge in [0.2, 0.25) is 10.0 Å². The van der Waals surface area contributed by atoms with E-state index in [-0.39, 0.29) is 23.2 Å². The van der Waals surface area contributed by atoms with Crippen molar-refractivity contribution >= 4 is 27.3 Å². The zero-order valence-corrected chi connectivity index (χ0v) is 11.9. The number of halogens is 5. The summed E-state index contributed by atoms with van der Waals surface area (Å²) in [5.41, 5.74) is -1.87. The maximum Gasteiger partial charge on any atom is 0.419 e. The Bertz CT molecular complexity index is 574. The highest BCUT2D eigenvalue weighted by atomic mass is 35.5. The highest BCUT2D eigenvalue weighted by Crippen LogP contribution is 2.33. The third kappa shape index (κ3) is 4.82. The molecule has 0 aromatic heterocycles. The maximum atomic E-state index is 13.0. The highest BCUT2D eigenvalue weighted by molar-refractivity contribution is 7.92. The molecular weight excluding hydrogens is 322 g/mol. The summed E-state index contributed by atoms with van der Waals surface area (Å²) in [5.74, 6) is -2.07. The number of alkyl halides is 4. The lowest BCUT2D eigenvalue weighted by atomic mass is 10.2. The van der Waals surface area contributed by atoms with Gasteiger partial charge in [-0.3, -0.25) is 4.72 Å². The molecule has 0 aliphatic carbocycles. The normalized spacial score (nSPS) is 14.1. The van der Waals surface area contributed by atoms with Gasteiger partial charge in [0.15, 0.2) is 0 Å². The Morgan fingerprint density at radius 1 is 1.35 bits per heavy atom. The second-order valence-electron chi connectivity index (χ2n) is 4.34. The van der Waals surface area contributed by atoms with Crippen LogP contribution >= 0.6 is 11.6 Å². The zero-order valence-electron chi connectivity index (χ0n) is 10.3. The predicted octanol–water partition coefficient (Wildman–Crippen LogP) is 3.46. The van der Waals surface area contributed by atoms with Crippen molar-refractivity contribution in [3.05, 3.63) is 29.6 Å². The van der Waals surface area contributed by atoms with E-state index in [1.165, 1.54) is 0 Å². The van der Waals surface area contributed by atoms with Gasteiger partial charge in [0.25, 0.3) is 0 Å².